The largest absolute Gasteiger partial charge is 0.495 e. The summed E-state index contributed by atoms with van der Waals surface area (Å²) >= 11 is 1.93. The van der Waals surface area contributed by atoms with Crippen LogP contribution in [0, 0.1) is 0 Å². The second-order valence-electron chi connectivity index (χ2n) is 4.83. The number of nitrogens with zero attached hydrogens (tertiary/aromatic N) is 1. The van der Waals surface area contributed by atoms with Gasteiger partial charge in [0.05, 0.1) is 19.3 Å². The van der Waals surface area contributed by atoms with E-state index in [0.29, 0.717) is 0 Å². The molecule has 0 bridgehead atoms. The first-order valence-electron chi connectivity index (χ1n) is 6.59. The van der Waals surface area contributed by atoms with Gasteiger partial charge in [0.2, 0.25) is 0 Å². The van der Waals surface area contributed by atoms with Crippen LogP contribution in [0.4, 0.5) is 0 Å². The van der Waals surface area contributed by atoms with Gasteiger partial charge in [-0.15, -0.1) is 11.3 Å². The Morgan fingerprint density at radius 1 is 1.32 bits per heavy atom. The molecule has 2 aromatic heterocycles. The number of hydrogen-bond donors (Lipinski definition) is 1. The van der Waals surface area contributed by atoms with E-state index in [1.165, 1.54) is 29.7 Å². The molecule has 2 heterocycles. The molecule has 0 aliphatic heterocycles. The Labute approximate surface area is 117 Å². The van der Waals surface area contributed by atoms with Gasteiger partial charge in [0.15, 0.2) is 0 Å². The van der Waals surface area contributed by atoms with Crippen LogP contribution >= 0.6 is 11.3 Å². The smallest absolute Gasteiger partial charge is 0.137 e. The molecule has 3 nitrogen and oxygen atoms in total. The molecule has 0 amide bonds. The van der Waals surface area contributed by atoms with Gasteiger partial charge in [-0.3, -0.25) is 4.98 Å². The third-order valence-corrected chi connectivity index (χ3v) is 4.94. The molecule has 100 valence electrons. The van der Waals surface area contributed by atoms with E-state index < -0.39 is 0 Å². The second-order valence-corrected chi connectivity index (χ2v) is 6.00. The van der Waals surface area contributed by atoms with Gasteiger partial charge in [-0.2, -0.15) is 0 Å². The molecule has 2 aromatic rings. The SMILES string of the molecule is CNC(c1cncc(OC)c1)c1cc2c(s1)CCC2. The van der Waals surface area contributed by atoms with Crippen molar-refractivity contribution in [2.75, 3.05) is 14.2 Å². The molecule has 3 rings (SSSR count). The number of aryl methyl sites for hydroxylation is 2. The average molecular weight is 274 g/mol. The van der Waals surface area contributed by atoms with Crippen molar-refractivity contribution in [1.29, 1.82) is 0 Å². The molecular weight excluding hydrogens is 256 g/mol. The number of pyridine rings is 1. The number of methoxy groups -OCH3 is 1. The number of thiophene rings is 1. The van der Waals surface area contributed by atoms with Gasteiger partial charge in [-0.25, -0.2) is 0 Å². The van der Waals surface area contributed by atoms with Crippen molar-refractivity contribution in [3.05, 3.63) is 45.4 Å². The first kappa shape index (κ1) is 12.6. The quantitative estimate of drug-likeness (QED) is 0.930. The van der Waals surface area contributed by atoms with Crippen LogP contribution in [0.25, 0.3) is 0 Å². The Kier molecular flexibility index (Phi) is 3.53. The number of rotatable bonds is 4. The maximum atomic E-state index is 5.26. The van der Waals surface area contributed by atoms with Crippen molar-refractivity contribution in [3.8, 4) is 5.75 Å². The van der Waals surface area contributed by atoms with Gasteiger partial charge >= 0.3 is 0 Å². The molecule has 0 saturated heterocycles. The second kappa shape index (κ2) is 5.31. The molecule has 4 heteroatoms. The molecule has 0 radical (unpaired) electrons. The van der Waals surface area contributed by atoms with Crippen molar-refractivity contribution in [2.24, 2.45) is 0 Å². The molecular formula is C15H18N2OS. The predicted molar refractivity (Wildman–Crippen MR) is 78.0 cm³/mol. The van der Waals surface area contributed by atoms with Crippen molar-refractivity contribution >= 4 is 11.3 Å². The number of nitrogens with one attached hydrogen (secondary N) is 1. The van der Waals surface area contributed by atoms with Crippen LogP contribution in [0.3, 0.4) is 0 Å². The third kappa shape index (κ3) is 2.38. The molecule has 0 saturated carbocycles. The van der Waals surface area contributed by atoms with Crippen LogP contribution in [0.5, 0.6) is 5.75 Å². The monoisotopic (exact) mass is 274 g/mol. The first-order valence-corrected chi connectivity index (χ1v) is 7.41. The normalized spacial score (nSPS) is 15.3. The maximum Gasteiger partial charge on any atom is 0.137 e. The Morgan fingerprint density at radius 2 is 2.21 bits per heavy atom. The number of fused-ring (bicyclic) bond motifs is 1. The summed E-state index contributed by atoms with van der Waals surface area (Å²) in [5.74, 6) is 0.807. The molecule has 1 unspecified atom stereocenters. The summed E-state index contributed by atoms with van der Waals surface area (Å²) in [4.78, 5) is 7.19. The average Bonchev–Trinajstić information content (AvgIpc) is 3.01. The fourth-order valence-corrected chi connectivity index (χ4v) is 4.07. The van der Waals surface area contributed by atoms with Gasteiger partial charge in [0.25, 0.3) is 0 Å². The highest BCUT2D eigenvalue weighted by atomic mass is 32.1. The molecule has 19 heavy (non-hydrogen) atoms. The maximum absolute atomic E-state index is 5.26. The van der Waals surface area contributed by atoms with E-state index >= 15 is 0 Å². The standard InChI is InChI=1S/C15H18N2OS/c1-16-15(11-6-12(18-2)9-17-8-11)14-7-10-4-3-5-13(10)19-14/h6-9,15-16H,3-5H2,1-2H3. The topological polar surface area (TPSA) is 34.2 Å². The van der Waals surface area contributed by atoms with Crippen molar-refractivity contribution in [1.82, 2.24) is 10.3 Å². The summed E-state index contributed by atoms with van der Waals surface area (Å²) < 4.78 is 5.26. The highest BCUT2D eigenvalue weighted by Gasteiger charge is 2.20. The molecule has 0 fully saturated rings. The van der Waals surface area contributed by atoms with Crippen LogP contribution in [-0.4, -0.2) is 19.1 Å². The molecule has 0 aromatic carbocycles. The minimum Gasteiger partial charge on any atom is -0.495 e. The molecule has 1 aliphatic carbocycles. The Balaban J connectivity index is 1.94. The highest BCUT2D eigenvalue weighted by Crippen LogP contribution is 2.36. The third-order valence-electron chi connectivity index (χ3n) is 3.64. The lowest BCUT2D eigenvalue weighted by Gasteiger charge is -2.15. The predicted octanol–water partition coefficient (Wildman–Crippen LogP) is 2.95. The van der Waals surface area contributed by atoms with Crippen LogP contribution in [0.15, 0.2) is 24.5 Å². The van der Waals surface area contributed by atoms with Crippen molar-refractivity contribution in [2.45, 2.75) is 25.3 Å². The van der Waals surface area contributed by atoms with E-state index in [1.807, 2.05) is 24.6 Å². The van der Waals surface area contributed by atoms with Gasteiger partial charge in [0, 0.05) is 16.0 Å². The lowest BCUT2D eigenvalue weighted by atomic mass is 10.1. The van der Waals surface area contributed by atoms with Crippen LogP contribution in [-0.2, 0) is 12.8 Å². The summed E-state index contributed by atoms with van der Waals surface area (Å²) in [5, 5.41) is 3.39. The fourth-order valence-electron chi connectivity index (χ4n) is 2.67. The van der Waals surface area contributed by atoms with Gasteiger partial charge in [-0.05, 0) is 49.6 Å². The minimum absolute atomic E-state index is 0.207. The van der Waals surface area contributed by atoms with E-state index in [9.17, 15) is 0 Å². The summed E-state index contributed by atoms with van der Waals surface area (Å²) in [5.41, 5.74) is 2.69. The van der Waals surface area contributed by atoms with Crippen LogP contribution in [0.1, 0.15) is 33.3 Å². The molecule has 1 N–H and O–H groups in total. The van der Waals surface area contributed by atoms with Crippen molar-refractivity contribution in [3.63, 3.8) is 0 Å². The highest BCUT2D eigenvalue weighted by molar-refractivity contribution is 7.12. The fraction of sp³-hybridized carbons (Fsp3) is 0.400. The van der Waals surface area contributed by atoms with Crippen LogP contribution in [0.2, 0.25) is 0 Å². The van der Waals surface area contributed by atoms with Crippen LogP contribution < -0.4 is 10.1 Å². The Bertz CT molecular complexity index is 558. The number of ether oxygens (including phenoxy) is 1. The lowest BCUT2D eigenvalue weighted by molar-refractivity contribution is 0.411. The number of hydrogen-bond acceptors (Lipinski definition) is 4. The minimum atomic E-state index is 0.207. The van der Waals surface area contributed by atoms with Gasteiger partial charge < -0.3 is 10.1 Å². The zero-order chi connectivity index (χ0) is 13.2. The zero-order valence-electron chi connectivity index (χ0n) is 11.3. The summed E-state index contributed by atoms with van der Waals surface area (Å²) in [6, 6.07) is 4.62. The summed E-state index contributed by atoms with van der Waals surface area (Å²) in [7, 11) is 3.67. The van der Waals surface area contributed by atoms with E-state index in [0.717, 1.165) is 11.3 Å². The van der Waals surface area contributed by atoms with E-state index in [-0.39, 0.29) is 6.04 Å². The Morgan fingerprint density at radius 3 is 2.95 bits per heavy atom. The number of aromatic nitrogens is 1. The van der Waals surface area contributed by atoms with E-state index in [2.05, 4.69) is 22.4 Å². The molecule has 1 atom stereocenters. The molecule has 0 spiro atoms. The van der Waals surface area contributed by atoms with E-state index in [4.69, 9.17) is 4.74 Å². The summed E-state index contributed by atoms with van der Waals surface area (Å²) in [6.07, 6.45) is 7.44. The Hall–Kier alpha value is -1.39. The van der Waals surface area contributed by atoms with Crippen molar-refractivity contribution < 1.29 is 4.74 Å². The van der Waals surface area contributed by atoms with Gasteiger partial charge in [0.1, 0.15) is 5.75 Å². The summed E-state index contributed by atoms with van der Waals surface area (Å²) in [6.45, 7) is 0. The zero-order valence-corrected chi connectivity index (χ0v) is 12.1. The van der Waals surface area contributed by atoms with E-state index in [1.54, 1.807) is 18.2 Å². The first-order chi connectivity index (χ1) is 9.31. The lowest BCUT2D eigenvalue weighted by Crippen LogP contribution is -2.16. The van der Waals surface area contributed by atoms with Gasteiger partial charge in [-0.1, -0.05) is 0 Å². The molecule has 1 aliphatic rings.